The van der Waals surface area contributed by atoms with Crippen LogP contribution in [-0.4, -0.2) is 22.6 Å². The van der Waals surface area contributed by atoms with Crippen molar-refractivity contribution in [2.75, 3.05) is 4.90 Å². The summed E-state index contributed by atoms with van der Waals surface area (Å²) in [6.07, 6.45) is 3.98. The Labute approximate surface area is 351 Å². The number of benzene rings is 7. The number of anilines is 3. The first kappa shape index (κ1) is 35.8. The molecule has 60 heavy (non-hydrogen) atoms. The van der Waals surface area contributed by atoms with Crippen LogP contribution in [0.3, 0.4) is 0 Å². The van der Waals surface area contributed by atoms with E-state index in [0.29, 0.717) is 0 Å². The van der Waals surface area contributed by atoms with Crippen molar-refractivity contribution in [3.63, 3.8) is 0 Å². The average Bonchev–Trinajstić information content (AvgIpc) is 3.65. The molecule has 7 aromatic carbocycles. The lowest BCUT2D eigenvalue weighted by Gasteiger charge is -2.42. The second kappa shape index (κ2) is 14.2. The van der Waals surface area contributed by atoms with E-state index in [1.54, 1.807) is 0 Å². The van der Waals surface area contributed by atoms with Gasteiger partial charge in [0.2, 0.25) is 0 Å². The fourth-order valence-electron chi connectivity index (χ4n) is 9.99. The highest BCUT2D eigenvalue weighted by Crippen LogP contribution is 2.54. The van der Waals surface area contributed by atoms with Crippen LogP contribution >= 0.6 is 0 Å². The van der Waals surface area contributed by atoms with Gasteiger partial charge in [-0.2, -0.15) is 0 Å². The molecule has 3 aromatic heterocycles. The summed E-state index contributed by atoms with van der Waals surface area (Å²) in [5.74, 6) is 0. The zero-order valence-corrected chi connectivity index (χ0v) is 34.6. The van der Waals surface area contributed by atoms with E-state index in [0.717, 1.165) is 39.5 Å². The van der Waals surface area contributed by atoms with E-state index >= 15 is 0 Å². The lowest BCUT2D eigenvalue weighted by Crippen LogP contribution is -2.74. The van der Waals surface area contributed by atoms with E-state index in [1.807, 2.05) is 12.3 Å². The van der Waals surface area contributed by atoms with Crippen molar-refractivity contribution in [1.29, 1.82) is 0 Å². The standard InChI is InChI=1S/C55H42N4Si/c1-55(2)47-31-13-15-34-50(47)58(40-21-6-3-7-22-40)51-38-57-54-52(53(51)55)46-30-12-14-33-49(46)59(54)41-23-19-29-45(37-41)60(42-24-8-4-9-25-42,43-26-10-5-11-27-43)44-28-18-20-39(36-44)48-32-16-17-35-56-48/h3-38H,1-2H3. The Morgan fingerprint density at radius 3 is 1.82 bits per heavy atom. The SMILES string of the molecule is CC1(C)c2ccccc2N(c2ccccc2)c2cnc3c(c21)c1ccccc1n3-c1cccc([Si](c2ccccc2)(c2ccccc2)c2cccc(-c3ccccn3)c2)c1. The van der Waals surface area contributed by atoms with Crippen LogP contribution in [0.5, 0.6) is 0 Å². The topological polar surface area (TPSA) is 34.0 Å². The zero-order valence-electron chi connectivity index (χ0n) is 33.6. The molecule has 1 aliphatic heterocycles. The molecule has 10 aromatic rings. The van der Waals surface area contributed by atoms with Crippen molar-refractivity contribution in [2.24, 2.45) is 0 Å². The van der Waals surface area contributed by atoms with Gasteiger partial charge in [-0.05, 0) is 80.4 Å². The van der Waals surface area contributed by atoms with Crippen LogP contribution < -0.4 is 25.6 Å². The lowest BCUT2D eigenvalue weighted by atomic mass is 9.72. The molecule has 0 bridgehead atoms. The van der Waals surface area contributed by atoms with E-state index in [4.69, 9.17) is 9.97 Å². The van der Waals surface area contributed by atoms with Gasteiger partial charge in [0.1, 0.15) is 5.65 Å². The van der Waals surface area contributed by atoms with Crippen LogP contribution in [0.25, 0.3) is 38.9 Å². The molecule has 0 amide bonds. The van der Waals surface area contributed by atoms with Crippen molar-refractivity contribution in [2.45, 2.75) is 19.3 Å². The first-order chi connectivity index (χ1) is 29.5. The normalized spacial score (nSPS) is 13.3. The molecule has 286 valence electrons. The van der Waals surface area contributed by atoms with Crippen LogP contribution in [0.1, 0.15) is 25.0 Å². The predicted molar refractivity (Wildman–Crippen MR) is 252 cm³/mol. The van der Waals surface area contributed by atoms with E-state index in [1.165, 1.54) is 48.3 Å². The summed E-state index contributed by atoms with van der Waals surface area (Å²) >= 11 is 0. The minimum Gasteiger partial charge on any atom is -0.308 e. The third kappa shape index (κ3) is 5.43. The molecule has 4 nitrogen and oxygen atoms in total. The maximum atomic E-state index is 5.46. The van der Waals surface area contributed by atoms with Crippen molar-refractivity contribution in [3.05, 3.63) is 230 Å². The smallest absolute Gasteiger partial charge is 0.179 e. The number of rotatable bonds is 7. The Morgan fingerprint density at radius 1 is 0.483 bits per heavy atom. The molecule has 5 heteroatoms. The van der Waals surface area contributed by atoms with Crippen molar-refractivity contribution in [1.82, 2.24) is 14.5 Å². The van der Waals surface area contributed by atoms with Crippen LogP contribution in [0, 0.1) is 0 Å². The highest BCUT2D eigenvalue weighted by molar-refractivity contribution is 7.20. The largest absolute Gasteiger partial charge is 0.308 e. The Hall–Kier alpha value is -7.34. The zero-order chi connectivity index (χ0) is 40.3. The summed E-state index contributed by atoms with van der Waals surface area (Å²) in [5, 5.41) is 7.62. The Balaban J connectivity index is 1.20. The van der Waals surface area contributed by atoms with Gasteiger partial charge in [-0.25, -0.2) is 4.98 Å². The molecule has 0 spiro atoms. The Kier molecular flexibility index (Phi) is 8.46. The molecule has 0 aliphatic carbocycles. The fourth-order valence-corrected chi connectivity index (χ4v) is 14.8. The molecule has 0 saturated carbocycles. The van der Waals surface area contributed by atoms with Crippen LogP contribution in [0.4, 0.5) is 17.1 Å². The Morgan fingerprint density at radius 2 is 1.08 bits per heavy atom. The molecular weight excluding hydrogens is 745 g/mol. The number of aromatic nitrogens is 3. The number of fused-ring (bicyclic) bond motifs is 6. The number of hydrogen-bond acceptors (Lipinski definition) is 3. The van der Waals surface area contributed by atoms with Gasteiger partial charge >= 0.3 is 0 Å². The molecule has 0 fully saturated rings. The second-order valence-corrected chi connectivity index (χ2v) is 20.0. The van der Waals surface area contributed by atoms with Crippen LogP contribution in [0.15, 0.2) is 219 Å². The van der Waals surface area contributed by atoms with E-state index in [-0.39, 0.29) is 5.41 Å². The molecule has 0 unspecified atom stereocenters. The summed E-state index contributed by atoms with van der Waals surface area (Å²) < 4.78 is 2.40. The van der Waals surface area contributed by atoms with E-state index in [9.17, 15) is 0 Å². The Bertz CT molecular complexity index is 3140. The number of para-hydroxylation sites is 3. The third-order valence-electron chi connectivity index (χ3n) is 12.6. The fraction of sp³-hybridized carbons (Fsp3) is 0.0545. The molecule has 11 rings (SSSR count). The van der Waals surface area contributed by atoms with Crippen molar-refractivity contribution in [3.8, 4) is 16.9 Å². The molecule has 1 aliphatic rings. The monoisotopic (exact) mass is 786 g/mol. The molecule has 0 radical (unpaired) electrons. The first-order valence-electron chi connectivity index (χ1n) is 20.7. The summed E-state index contributed by atoms with van der Waals surface area (Å²) in [5.41, 5.74) is 10.9. The van der Waals surface area contributed by atoms with Crippen LogP contribution in [-0.2, 0) is 5.41 Å². The summed E-state index contributed by atoms with van der Waals surface area (Å²) in [6.45, 7) is 4.75. The molecule has 0 saturated heterocycles. The maximum absolute atomic E-state index is 5.46. The summed E-state index contributed by atoms with van der Waals surface area (Å²) in [7, 11) is -2.94. The summed E-state index contributed by atoms with van der Waals surface area (Å²) in [4.78, 5) is 12.6. The molecule has 4 heterocycles. The first-order valence-corrected chi connectivity index (χ1v) is 22.7. The van der Waals surface area contributed by atoms with Crippen molar-refractivity contribution >= 4 is 67.8 Å². The van der Waals surface area contributed by atoms with E-state index < -0.39 is 8.07 Å². The van der Waals surface area contributed by atoms with Gasteiger partial charge < -0.3 is 4.90 Å². The molecular formula is C55H42N4Si. The third-order valence-corrected chi connectivity index (χ3v) is 17.3. The average molecular weight is 787 g/mol. The molecule has 0 N–H and O–H groups in total. The van der Waals surface area contributed by atoms with Gasteiger partial charge in [-0.1, -0.05) is 172 Å². The van der Waals surface area contributed by atoms with Crippen molar-refractivity contribution < 1.29 is 0 Å². The number of pyridine rings is 2. The van der Waals surface area contributed by atoms with Crippen LogP contribution in [0.2, 0.25) is 0 Å². The maximum Gasteiger partial charge on any atom is 0.179 e. The van der Waals surface area contributed by atoms with Gasteiger partial charge in [0.15, 0.2) is 8.07 Å². The van der Waals surface area contributed by atoms with Gasteiger partial charge in [0.25, 0.3) is 0 Å². The number of nitrogens with zero attached hydrogens (tertiary/aromatic N) is 4. The molecule has 0 atom stereocenters. The quantitative estimate of drug-likeness (QED) is 0.119. The minimum atomic E-state index is -2.94. The predicted octanol–water partition coefficient (Wildman–Crippen LogP) is 10.7. The highest BCUT2D eigenvalue weighted by atomic mass is 28.3. The highest BCUT2D eigenvalue weighted by Gasteiger charge is 2.43. The van der Waals surface area contributed by atoms with Gasteiger partial charge in [0.05, 0.1) is 28.8 Å². The van der Waals surface area contributed by atoms with Gasteiger partial charge in [-0.3, -0.25) is 9.55 Å². The minimum absolute atomic E-state index is 0.309. The van der Waals surface area contributed by atoms with Gasteiger partial charge in [-0.15, -0.1) is 0 Å². The van der Waals surface area contributed by atoms with E-state index in [2.05, 4.69) is 230 Å². The number of hydrogen-bond donors (Lipinski definition) is 0. The second-order valence-electron chi connectivity index (χ2n) is 16.2. The lowest BCUT2D eigenvalue weighted by molar-refractivity contribution is 0.637. The van der Waals surface area contributed by atoms with Gasteiger partial charge in [0, 0.05) is 39.3 Å². The summed E-state index contributed by atoms with van der Waals surface area (Å²) in [6, 6.07) is 75.2.